The molecule has 0 radical (unpaired) electrons. The number of nitrogens with zero attached hydrogens (tertiary/aromatic N) is 7. The van der Waals surface area contributed by atoms with Gasteiger partial charge in [-0.3, -0.25) is 4.79 Å². The van der Waals surface area contributed by atoms with E-state index < -0.39 is 0 Å². The van der Waals surface area contributed by atoms with Crippen molar-refractivity contribution in [2.45, 2.75) is 37.8 Å². The summed E-state index contributed by atoms with van der Waals surface area (Å²) in [6.07, 6.45) is 5.78. The standard InChI is InChI=1S/C18H25N7O/c1-22-10-14-2-3-15(11-22)25(14)18(26)13-6-8-23(9-7-13)17-5-4-16-20-19-12-24(16)21-17/h4-5,12-15H,2-3,6-11H2,1H3. The number of rotatable bonds is 2. The van der Waals surface area contributed by atoms with Gasteiger partial charge in [0.2, 0.25) is 5.91 Å². The third-order valence-electron chi connectivity index (χ3n) is 6.24. The molecule has 2 atom stereocenters. The second kappa shape index (κ2) is 6.19. The molecule has 2 aromatic heterocycles. The molecule has 26 heavy (non-hydrogen) atoms. The highest BCUT2D eigenvalue weighted by molar-refractivity contribution is 5.80. The highest BCUT2D eigenvalue weighted by Crippen LogP contribution is 2.33. The van der Waals surface area contributed by atoms with Crippen LogP contribution in [-0.2, 0) is 4.79 Å². The van der Waals surface area contributed by atoms with Crippen molar-refractivity contribution in [3.8, 4) is 0 Å². The minimum absolute atomic E-state index is 0.163. The Kier molecular flexibility index (Phi) is 3.81. The van der Waals surface area contributed by atoms with Crippen molar-refractivity contribution >= 4 is 17.4 Å². The Morgan fingerprint density at radius 1 is 1.08 bits per heavy atom. The van der Waals surface area contributed by atoms with Crippen LogP contribution >= 0.6 is 0 Å². The number of hydrogen-bond donors (Lipinski definition) is 0. The van der Waals surface area contributed by atoms with Crippen molar-refractivity contribution in [2.75, 3.05) is 38.1 Å². The Hall–Kier alpha value is -2.22. The molecule has 138 valence electrons. The molecule has 2 bridgehead atoms. The molecule has 3 aliphatic rings. The predicted octanol–water partition coefficient (Wildman–Crippen LogP) is 0.646. The van der Waals surface area contributed by atoms with Gasteiger partial charge in [0.05, 0.1) is 0 Å². The monoisotopic (exact) mass is 355 g/mol. The fourth-order valence-corrected chi connectivity index (χ4v) is 4.93. The summed E-state index contributed by atoms with van der Waals surface area (Å²) in [5.41, 5.74) is 0.754. The van der Waals surface area contributed by atoms with Crippen LogP contribution in [0.25, 0.3) is 5.65 Å². The number of piperidine rings is 1. The minimum atomic E-state index is 0.163. The van der Waals surface area contributed by atoms with Gasteiger partial charge in [-0.25, -0.2) is 0 Å². The van der Waals surface area contributed by atoms with Gasteiger partial charge in [-0.2, -0.15) is 4.52 Å². The number of amides is 1. The topological polar surface area (TPSA) is 69.9 Å². The molecule has 0 spiro atoms. The normalized spacial score (nSPS) is 27.4. The first kappa shape index (κ1) is 16.0. The number of likely N-dealkylation sites (tertiary alicyclic amines) is 1. The first-order valence-corrected chi connectivity index (χ1v) is 9.62. The van der Waals surface area contributed by atoms with Gasteiger partial charge in [-0.1, -0.05) is 0 Å². The summed E-state index contributed by atoms with van der Waals surface area (Å²) in [4.78, 5) is 20.0. The second-order valence-corrected chi connectivity index (χ2v) is 7.94. The Morgan fingerprint density at radius 2 is 1.81 bits per heavy atom. The van der Waals surface area contributed by atoms with Crippen LogP contribution < -0.4 is 4.90 Å². The van der Waals surface area contributed by atoms with E-state index in [0.29, 0.717) is 18.0 Å². The SMILES string of the molecule is CN1CC2CCC(C1)N2C(=O)C1CCN(c2ccc3nncn3n2)CC1. The highest BCUT2D eigenvalue weighted by Gasteiger charge is 2.43. The molecule has 5 heterocycles. The molecule has 0 saturated carbocycles. The van der Waals surface area contributed by atoms with E-state index >= 15 is 0 Å². The Bertz CT molecular complexity index is 799. The van der Waals surface area contributed by atoms with Crippen LogP contribution in [0.15, 0.2) is 18.5 Å². The Labute approximate surface area is 152 Å². The van der Waals surface area contributed by atoms with E-state index in [1.165, 1.54) is 12.8 Å². The van der Waals surface area contributed by atoms with Crippen molar-refractivity contribution in [1.29, 1.82) is 0 Å². The molecule has 8 heteroatoms. The van der Waals surface area contributed by atoms with E-state index in [0.717, 1.165) is 50.5 Å². The molecular formula is C18H25N7O. The van der Waals surface area contributed by atoms with E-state index in [-0.39, 0.29) is 5.92 Å². The van der Waals surface area contributed by atoms with Crippen molar-refractivity contribution in [1.82, 2.24) is 29.6 Å². The average molecular weight is 355 g/mol. The van der Waals surface area contributed by atoms with E-state index in [2.05, 4.69) is 37.0 Å². The quantitative estimate of drug-likeness (QED) is 0.788. The molecule has 0 aliphatic carbocycles. The van der Waals surface area contributed by atoms with Gasteiger partial charge in [0.1, 0.15) is 12.1 Å². The molecule has 8 nitrogen and oxygen atoms in total. The summed E-state index contributed by atoms with van der Waals surface area (Å²) in [6, 6.07) is 4.80. The van der Waals surface area contributed by atoms with Gasteiger partial charge in [0.15, 0.2) is 5.65 Å². The maximum atomic E-state index is 13.2. The molecule has 3 aliphatic heterocycles. The molecule has 5 rings (SSSR count). The largest absolute Gasteiger partial charge is 0.355 e. The average Bonchev–Trinajstić information content (AvgIpc) is 3.23. The van der Waals surface area contributed by atoms with Crippen LogP contribution in [0.5, 0.6) is 0 Å². The van der Waals surface area contributed by atoms with E-state index in [1.807, 2.05) is 12.1 Å². The summed E-state index contributed by atoms with van der Waals surface area (Å²) < 4.78 is 1.70. The maximum Gasteiger partial charge on any atom is 0.226 e. The summed E-state index contributed by atoms with van der Waals surface area (Å²) >= 11 is 0. The zero-order chi connectivity index (χ0) is 17.7. The van der Waals surface area contributed by atoms with Gasteiger partial charge in [-0.15, -0.1) is 15.3 Å². The van der Waals surface area contributed by atoms with E-state index in [9.17, 15) is 4.79 Å². The number of fused-ring (bicyclic) bond motifs is 3. The number of aromatic nitrogens is 4. The number of hydrogen-bond acceptors (Lipinski definition) is 6. The molecular weight excluding hydrogens is 330 g/mol. The van der Waals surface area contributed by atoms with Gasteiger partial charge < -0.3 is 14.7 Å². The molecule has 1 amide bonds. The van der Waals surface area contributed by atoms with Crippen LogP contribution in [0.3, 0.4) is 0 Å². The predicted molar refractivity (Wildman–Crippen MR) is 96.9 cm³/mol. The Balaban J connectivity index is 1.25. The van der Waals surface area contributed by atoms with Gasteiger partial charge >= 0.3 is 0 Å². The van der Waals surface area contributed by atoms with Crippen LogP contribution in [0, 0.1) is 5.92 Å². The summed E-state index contributed by atoms with van der Waals surface area (Å²) in [5, 5.41) is 12.5. The van der Waals surface area contributed by atoms with Crippen molar-refractivity contribution < 1.29 is 4.79 Å². The highest BCUT2D eigenvalue weighted by atomic mass is 16.2. The van der Waals surface area contributed by atoms with Crippen LogP contribution in [0.2, 0.25) is 0 Å². The number of carbonyl (C=O) groups is 1. The van der Waals surface area contributed by atoms with Crippen molar-refractivity contribution in [3.05, 3.63) is 18.5 Å². The second-order valence-electron chi connectivity index (χ2n) is 7.94. The summed E-state index contributed by atoms with van der Waals surface area (Å²) in [6.45, 7) is 3.81. The molecule has 2 unspecified atom stereocenters. The fourth-order valence-electron chi connectivity index (χ4n) is 4.93. The number of anilines is 1. The van der Waals surface area contributed by atoms with E-state index in [4.69, 9.17) is 0 Å². The zero-order valence-corrected chi connectivity index (χ0v) is 15.2. The number of likely N-dealkylation sites (N-methyl/N-ethyl adjacent to an activating group) is 1. The number of piperazine rings is 1. The molecule has 0 N–H and O–H groups in total. The molecule has 3 saturated heterocycles. The smallest absolute Gasteiger partial charge is 0.226 e. The maximum absolute atomic E-state index is 13.2. The third kappa shape index (κ3) is 2.63. The van der Waals surface area contributed by atoms with Gasteiger partial charge in [-0.05, 0) is 44.9 Å². The lowest BCUT2D eigenvalue weighted by atomic mass is 9.94. The molecule has 0 aromatic carbocycles. The summed E-state index contributed by atoms with van der Waals surface area (Å²) in [5.74, 6) is 1.49. The number of carbonyl (C=O) groups excluding carboxylic acids is 1. The van der Waals surface area contributed by atoms with Crippen molar-refractivity contribution in [3.63, 3.8) is 0 Å². The lowest BCUT2D eigenvalue weighted by molar-refractivity contribution is -0.141. The minimum Gasteiger partial charge on any atom is -0.355 e. The lowest BCUT2D eigenvalue weighted by Crippen LogP contribution is -2.56. The molecule has 3 fully saturated rings. The fraction of sp³-hybridized carbons (Fsp3) is 0.667. The van der Waals surface area contributed by atoms with Crippen LogP contribution in [0.1, 0.15) is 25.7 Å². The summed E-state index contributed by atoms with van der Waals surface area (Å²) in [7, 11) is 2.17. The van der Waals surface area contributed by atoms with Crippen LogP contribution in [0.4, 0.5) is 5.82 Å². The van der Waals surface area contributed by atoms with Gasteiger partial charge in [0, 0.05) is 44.2 Å². The van der Waals surface area contributed by atoms with Gasteiger partial charge in [0.25, 0.3) is 0 Å². The van der Waals surface area contributed by atoms with E-state index in [1.54, 1.807) is 10.8 Å². The third-order valence-corrected chi connectivity index (χ3v) is 6.24. The first-order chi connectivity index (χ1) is 12.7. The van der Waals surface area contributed by atoms with Crippen LogP contribution in [-0.4, -0.2) is 80.8 Å². The zero-order valence-electron chi connectivity index (χ0n) is 15.2. The Morgan fingerprint density at radius 3 is 2.54 bits per heavy atom. The van der Waals surface area contributed by atoms with Crippen molar-refractivity contribution in [2.24, 2.45) is 5.92 Å². The molecule has 2 aromatic rings. The first-order valence-electron chi connectivity index (χ1n) is 9.62. The lowest BCUT2D eigenvalue weighted by Gasteiger charge is -2.42.